The van der Waals surface area contributed by atoms with Crippen LogP contribution in [0.15, 0.2) is 0 Å². The van der Waals surface area contributed by atoms with Gasteiger partial charge in [0.05, 0.1) is 39.6 Å². The molecule has 0 aromatic carbocycles. The second kappa shape index (κ2) is 6.24. The third-order valence-corrected chi connectivity index (χ3v) is 5.89. The first-order valence-electron chi connectivity index (χ1n) is 8.70. The average Bonchev–Trinajstić information content (AvgIpc) is 2.62. The van der Waals surface area contributed by atoms with E-state index < -0.39 is 11.6 Å². The van der Waals surface area contributed by atoms with E-state index in [0.29, 0.717) is 26.4 Å². The Morgan fingerprint density at radius 2 is 1.17 bits per heavy atom. The van der Waals surface area contributed by atoms with Crippen LogP contribution in [0.2, 0.25) is 0 Å². The predicted molar refractivity (Wildman–Crippen MR) is 82.7 cm³/mol. The first-order chi connectivity index (χ1) is 10.9. The Labute approximate surface area is 138 Å². The van der Waals surface area contributed by atoms with Crippen LogP contribution in [0.5, 0.6) is 0 Å². The predicted octanol–water partition coefficient (Wildman–Crippen LogP) is 1.43. The third kappa shape index (κ3) is 3.30. The topological polar surface area (TPSA) is 77.4 Å². The van der Waals surface area contributed by atoms with Gasteiger partial charge in [-0.15, -0.1) is 0 Å². The molecule has 3 aliphatic rings. The van der Waals surface area contributed by atoms with Gasteiger partial charge < -0.3 is 29.2 Å². The summed E-state index contributed by atoms with van der Waals surface area (Å²) >= 11 is 0. The summed E-state index contributed by atoms with van der Waals surface area (Å²) in [6.45, 7) is 6.29. The highest BCUT2D eigenvalue weighted by Crippen LogP contribution is 2.47. The summed E-state index contributed by atoms with van der Waals surface area (Å²) in [5.41, 5.74) is -0.568. The van der Waals surface area contributed by atoms with Crippen LogP contribution in [-0.2, 0) is 18.9 Å². The van der Waals surface area contributed by atoms with Gasteiger partial charge in [0.1, 0.15) is 0 Å². The van der Waals surface area contributed by atoms with Crippen LogP contribution in [0, 0.1) is 10.8 Å². The largest absolute Gasteiger partial charge is 0.396 e. The molecule has 6 nitrogen and oxygen atoms in total. The first kappa shape index (κ1) is 17.6. The average molecular weight is 330 g/mol. The summed E-state index contributed by atoms with van der Waals surface area (Å²) in [6.07, 6.45) is 3.76. The van der Waals surface area contributed by atoms with E-state index in [9.17, 15) is 10.2 Å². The molecule has 1 saturated carbocycles. The summed E-state index contributed by atoms with van der Waals surface area (Å²) in [5.74, 6) is -1.10. The first-order valence-corrected chi connectivity index (χ1v) is 8.70. The number of aliphatic hydroxyl groups excluding tert-OH is 2. The Kier molecular flexibility index (Phi) is 4.77. The summed E-state index contributed by atoms with van der Waals surface area (Å²) in [7, 11) is 0. The van der Waals surface area contributed by atoms with Crippen molar-refractivity contribution in [2.45, 2.75) is 57.5 Å². The summed E-state index contributed by atoms with van der Waals surface area (Å²) in [6, 6.07) is 0. The van der Waals surface area contributed by atoms with E-state index in [1.165, 1.54) is 0 Å². The van der Waals surface area contributed by atoms with Gasteiger partial charge in [-0.25, -0.2) is 0 Å². The Morgan fingerprint density at radius 1 is 0.739 bits per heavy atom. The minimum atomic E-state index is -0.553. The molecule has 2 spiro atoms. The van der Waals surface area contributed by atoms with Crippen molar-refractivity contribution in [1.82, 2.24) is 0 Å². The fraction of sp³-hybridized carbons (Fsp3) is 1.00. The fourth-order valence-corrected chi connectivity index (χ4v) is 3.44. The number of rotatable bonds is 3. The Morgan fingerprint density at radius 3 is 1.52 bits per heavy atom. The zero-order chi connectivity index (χ0) is 16.6. The van der Waals surface area contributed by atoms with Crippen LogP contribution in [-0.4, -0.2) is 61.4 Å². The highest BCUT2D eigenvalue weighted by Gasteiger charge is 2.52. The minimum Gasteiger partial charge on any atom is -0.396 e. The van der Waals surface area contributed by atoms with E-state index in [4.69, 9.17) is 18.9 Å². The molecule has 2 heterocycles. The standard InChI is InChI=1S/C17H30O6/c1-3-15(9-19)12-22-17(23-13-15)6-4-16(5-7-17)20-10-14(2,8-18)11-21-16/h18-19H,3-13H2,1-2H3. The molecule has 23 heavy (non-hydrogen) atoms. The van der Waals surface area contributed by atoms with Crippen molar-refractivity contribution in [2.75, 3.05) is 39.6 Å². The van der Waals surface area contributed by atoms with Crippen molar-refractivity contribution < 1.29 is 29.2 Å². The normalized spacial score (nSPS) is 48.0. The van der Waals surface area contributed by atoms with E-state index in [2.05, 4.69) is 6.92 Å². The summed E-state index contributed by atoms with van der Waals surface area (Å²) in [5, 5.41) is 19.0. The van der Waals surface area contributed by atoms with Crippen molar-refractivity contribution in [3.8, 4) is 0 Å². The Balaban J connectivity index is 1.55. The summed E-state index contributed by atoms with van der Waals surface area (Å²) in [4.78, 5) is 0. The van der Waals surface area contributed by atoms with Crippen LogP contribution in [0.25, 0.3) is 0 Å². The minimum absolute atomic E-state index is 0.0689. The molecule has 0 unspecified atom stereocenters. The van der Waals surface area contributed by atoms with Crippen LogP contribution >= 0.6 is 0 Å². The van der Waals surface area contributed by atoms with Gasteiger partial charge >= 0.3 is 0 Å². The Hall–Kier alpha value is -0.240. The molecule has 0 aromatic heterocycles. The number of aliphatic hydroxyl groups is 2. The van der Waals surface area contributed by atoms with Crippen LogP contribution < -0.4 is 0 Å². The molecular weight excluding hydrogens is 300 g/mol. The zero-order valence-corrected chi connectivity index (χ0v) is 14.3. The lowest BCUT2D eigenvalue weighted by atomic mass is 9.82. The molecule has 3 fully saturated rings. The number of hydrogen-bond acceptors (Lipinski definition) is 6. The molecule has 0 radical (unpaired) electrons. The Bertz CT molecular complexity index is 389. The molecule has 2 N–H and O–H groups in total. The molecule has 6 heteroatoms. The van der Waals surface area contributed by atoms with Gasteiger partial charge in [0.15, 0.2) is 11.6 Å². The van der Waals surface area contributed by atoms with Crippen LogP contribution in [0.1, 0.15) is 46.0 Å². The quantitative estimate of drug-likeness (QED) is 0.815. The van der Waals surface area contributed by atoms with Crippen LogP contribution in [0.3, 0.4) is 0 Å². The molecule has 1 aliphatic carbocycles. The van der Waals surface area contributed by atoms with Gasteiger partial charge in [0.2, 0.25) is 0 Å². The monoisotopic (exact) mass is 330 g/mol. The van der Waals surface area contributed by atoms with Crippen molar-refractivity contribution in [1.29, 1.82) is 0 Å². The molecule has 2 aliphatic heterocycles. The smallest absolute Gasteiger partial charge is 0.168 e. The molecular formula is C17H30O6. The van der Waals surface area contributed by atoms with Gasteiger partial charge in [0, 0.05) is 36.5 Å². The van der Waals surface area contributed by atoms with Crippen molar-refractivity contribution in [3.63, 3.8) is 0 Å². The van der Waals surface area contributed by atoms with E-state index in [-0.39, 0.29) is 24.0 Å². The van der Waals surface area contributed by atoms with Crippen molar-refractivity contribution in [3.05, 3.63) is 0 Å². The van der Waals surface area contributed by atoms with Gasteiger partial charge in [-0.3, -0.25) is 0 Å². The SMILES string of the molecule is CCC1(CO)COC2(CCC3(CC2)OCC(C)(CO)CO3)OC1. The number of ether oxygens (including phenoxy) is 4. The third-order valence-electron chi connectivity index (χ3n) is 5.89. The summed E-state index contributed by atoms with van der Waals surface area (Å²) < 4.78 is 24.1. The molecule has 0 atom stereocenters. The lowest BCUT2D eigenvalue weighted by molar-refractivity contribution is -0.369. The van der Waals surface area contributed by atoms with E-state index in [1.807, 2.05) is 6.92 Å². The lowest BCUT2D eigenvalue weighted by Gasteiger charge is -2.52. The second-order valence-corrected chi connectivity index (χ2v) is 7.96. The zero-order valence-electron chi connectivity index (χ0n) is 14.3. The molecule has 0 bridgehead atoms. The lowest BCUT2D eigenvalue weighted by Crippen LogP contribution is -2.58. The highest BCUT2D eigenvalue weighted by molar-refractivity contribution is 4.93. The van der Waals surface area contributed by atoms with Crippen LogP contribution in [0.4, 0.5) is 0 Å². The fourth-order valence-electron chi connectivity index (χ4n) is 3.44. The molecule has 134 valence electrons. The highest BCUT2D eigenvalue weighted by atomic mass is 16.7. The molecule has 2 saturated heterocycles. The van der Waals surface area contributed by atoms with Gasteiger partial charge in [0.25, 0.3) is 0 Å². The van der Waals surface area contributed by atoms with Gasteiger partial charge in [-0.05, 0) is 6.42 Å². The number of hydrogen-bond donors (Lipinski definition) is 2. The second-order valence-electron chi connectivity index (χ2n) is 7.96. The van der Waals surface area contributed by atoms with Gasteiger partial charge in [-0.2, -0.15) is 0 Å². The van der Waals surface area contributed by atoms with Gasteiger partial charge in [-0.1, -0.05) is 13.8 Å². The van der Waals surface area contributed by atoms with Crippen molar-refractivity contribution in [2.24, 2.45) is 10.8 Å². The van der Waals surface area contributed by atoms with E-state index in [0.717, 1.165) is 32.1 Å². The van der Waals surface area contributed by atoms with E-state index in [1.54, 1.807) is 0 Å². The molecule has 0 amide bonds. The van der Waals surface area contributed by atoms with E-state index >= 15 is 0 Å². The van der Waals surface area contributed by atoms with Crippen molar-refractivity contribution >= 4 is 0 Å². The molecule has 3 rings (SSSR count). The maximum Gasteiger partial charge on any atom is 0.168 e. The maximum atomic E-state index is 9.58. The maximum absolute atomic E-state index is 9.58. The molecule has 0 aromatic rings.